The zero-order valence-corrected chi connectivity index (χ0v) is 16.1. The molecule has 3 heterocycles. The fourth-order valence-corrected chi connectivity index (χ4v) is 3.22. The lowest BCUT2D eigenvalue weighted by molar-refractivity contribution is 0.0962. The molecule has 0 atom stereocenters. The van der Waals surface area contributed by atoms with Gasteiger partial charge in [-0.05, 0) is 36.4 Å². The van der Waals surface area contributed by atoms with Gasteiger partial charge in [0, 0.05) is 37.9 Å². The predicted octanol–water partition coefficient (Wildman–Crippen LogP) is 1.68. The number of benzene rings is 1. The number of carbonyl (C=O) groups excluding carboxylic acids is 1. The quantitative estimate of drug-likeness (QED) is 0.547. The molecule has 30 heavy (non-hydrogen) atoms. The smallest absolute Gasteiger partial charge is 0.269 e. The van der Waals surface area contributed by atoms with Crippen molar-refractivity contribution in [3.05, 3.63) is 66.4 Å². The Kier molecular flexibility index (Phi) is 5.55. The van der Waals surface area contributed by atoms with Crippen LogP contribution in [0.2, 0.25) is 0 Å². The number of rotatable bonds is 5. The van der Waals surface area contributed by atoms with Crippen molar-refractivity contribution < 1.29 is 9.18 Å². The number of halogens is 1. The standard InChI is InChI=1S/C20H21FN8O/c21-15-6-4-14(5-7-15)20(30)27-26-18-17(22)19(25-13-24-18)29-11-9-28(10-12-29)16-3-1-2-8-23-16/h1-8,13H,9-12,22H2,(H,27,30)(H,24,25,26). The summed E-state index contributed by atoms with van der Waals surface area (Å²) in [7, 11) is 0. The van der Waals surface area contributed by atoms with Crippen LogP contribution in [0.15, 0.2) is 55.0 Å². The average Bonchev–Trinajstić information content (AvgIpc) is 2.79. The third kappa shape index (κ3) is 4.22. The van der Waals surface area contributed by atoms with Gasteiger partial charge in [0.25, 0.3) is 5.91 Å². The maximum absolute atomic E-state index is 13.0. The SMILES string of the molecule is Nc1c(NNC(=O)c2ccc(F)cc2)ncnc1N1CCN(c2ccccn2)CC1. The van der Waals surface area contributed by atoms with Crippen LogP contribution in [0.1, 0.15) is 10.4 Å². The van der Waals surface area contributed by atoms with Crippen molar-refractivity contribution in [2.45, 2.75) is 0 Å². The van der Waals surface area contributed by atoms with E-state index in [1.165, 1.54) is 30.6 Å². The molecule has 1 saturated heterocycles. The lowest BCUT2D eigenvalue weighted by Crippen LogP contribution is -2.47. The second-order valence-electron chi connectivity index (χ2n) is 6.71. The number of hydrazine groups is 1. The maximum atomic E-state index is 13.0. The van der Waals surface area contributed by atoms with Crippen LogP contribution in [0.4, 0.5) is 27.5 Å². The fraction of sp³-hybridized carbons (Fsp3) is 0.200. The monoisotopic (exact) mass is 408 g/mol. The third-order valence-corrected chi connectivity index (χ3v) is 4.82. The number of piperazine rings is 1. The van der Waals surface area contributed by atoms with E-state index in [-0.39, 0.29) is 0 Å². The lowest BCUT2D eigenvalue weighted by Gasteiger charge is -2.36. The van der Waals surface area contributed by atoms with Crippen molar-refractivity contribution >= 4 is 29.0 Å². The molecule has 1 aliphatic rings. The fourth-order valence-electron chi connectivity index (χ4n) is 3.22. The Morgan fingerprint density at radius 1 is 0.967 bits per heavy atom. The summed E-state index contributed by atoms with van der Waals surface area (Å²) < 4.78 is 13.0. The summed E-state index contributed by atoms with van der Waals surface area (Å²) in [5.74, 6) is 0.997. The van der Waals surface area contributed by atoms with Crippen LogP contribution >= 0.6 is 0 Å². The van der Waals surface area contributed by atoms with E-state index in [4.69, 9.17) is 5.73 Å². The molecule has 1 amide bonds. The van der Waals surface area contributed by atoms with Crippen LogP contribution in [0.25, 0.3) is 0 Å². The van der Waals surface area contributed by atoms with E-state index in [1.807, 2.05) is 18.2 Å². The molecule has 0 radical (unpaired) electrons. The van der Waals surface area contributed by atoms with Crippen LogP contribution in [0, 0.1) is 5.82 Å². The van der Waals surface area contributed by atoms with Gasteiger partial charge in [0.1, 0.15) is 23.6 Å². The molecule has 0 aliphatic carbocycles. The van der Waals surface area contributed by atoms with Gasteiger partial charge in [-0.25, -0.2) is 19.3 Å². The molecule has 0 unspecified atom stereocenters. The summed E-state index contributed by atoms with van der Waals surface area (Å²) in [6.07, 6.45) is 3.17. The minimum absolute atomic E-state index is 0.294. The Morgan fingerprint density at radius 2 is 1.70 bits per heavy atom. The number of hydrogen-bond acceptors (Lipinski definition) is 8. The minimum atomic E-state index is -0.432. The molecule has 3 aromatic rings. The number of anilines is 4. The molecule has 1 aromatic carbocycles. The number of nitrogens with two attached hydrogens (primary N) is 1. The first-order valence-corrected chi connectivity index (χ1v) is 9.45. The molecule has 154 valence electrons. The molecule has 4 N–H and O–H groups in total. The topological polar surface area (TPSA) is 112 Å². The lowest BCUT2D eigenvalue weighted by atomic mass is 10.2. The van der Waals surface area contributed by atoms with Crippen molar-refractivity contribution in [3.63, 3.8) is 0 Å². The molecule has 10 heteroatoms. The number of nitrogens with one attached hydrogen (secondary N) is 2. The van der Waals surface area contributed by atoms with Crippen molar-refractivity contribution in [3.8, 4) is 0 Å². The normalized spacial score (nSPS) is 13.8. The Bertz CT molecular complexity index is 1010. The third-order valence-electron chi connectivity index (χ3n) is 4.82. The first-order chi connectivity index (χ1) is 14.6. The molecule has 1 fully saturated rings. The van der Waals surface area contributed by atoms with Crippen LogP contribution < -0.4 is 26.4 Å². The van der Waals surface area contributed by atoms with Crippen molar-refractivity contribution in [2.75, 3.05) is 47.1 Å². The molecule has 0 spiro atoms. The summed E-state index contributed by atoms with van der Waals surface area (Å²) in [5, 5.41) is 0. The summed E-state index contributed by atoms with van der Waals surface area (Å²) in [6, 6.07) is 11.1. The van der Waals surface area contributed by atoms with Crippen LogP contribution in [-0.2, 0) is 0 Å². The second-order valence-corrected chi connectivity index (χ2v) is 6.71. The molecule has 0 saturated carbocycles. The van der Waals surface area contributed by atoms with Gasteiger partial charge in [-0.2, -0.15) is 0 Å². The van der Waals surface area contributed by atoms with Crippen molar-refractivity contribution in [1.82, 2.24) is 20.4 Å². The Balaban J connectivity index is 1.39. The number of amides is 1. The van der Waals surface area contributed by atoms with E-state index in [0.717, 1.165) is 32.0 Å². The summed E-state index contributed by atoms with van der Waals surface area (Å²) in [6.45, 7) is 3.01. The van der Waals surface area contributed by atoms with Crippen LogP contribution in [0.5, 0.6) is 0 Å². The van der Waals surface area contributed by atoms with Gasteiger partial charge in [0.2, 0.25) is 0 Å². The van der Waals surface area contributed by atoms with Gasteiger partial charge in [-0.1, -0.05) is 6.07 Å². The number of nitrogens with zero attached hydrogens (tertiary/aromatic N) is 5. The van der Waals surface area contributed by atoms with Gasteiger partial charge >= 0.3 is 0 Å². The minimum Gasteiger partial charge on any atom is -0.393 e. The molecule has 0 bridgehead atoms. The van der Waals surface area contributed by atoms with E-state index in [2.05, 4.69) is 35.6 Å². The predicted molar refractivity (Wildman–Crippen MR) is 113 cm³/mol. The van der Waals surface area contributed by atoms with Crippen molar-refractivity contribution in [1.29, 1.82) is 0 Å². The van der Waals surface area contributed by atoms with E-state index >= 15 is 0 Å². The molecule has 2 aromatic heterocycles. The maximum Gasteiger partial charge on any atom is 0.269 e. The molecular weight excluding hydrogens is 387 g/mol. The molecule has 4 rings (SSSR count). The van der Waals surface area contributed by atoms with Crippen molar-refractivity contribution in [2.24, 2.45) is 0 Å². The summed E-state index contributed by atoms with van der Waals surface area (Å²) >= 11 is 0. The first kappa shape index (κ1) is 19.4. The van der Waals surface area contributed by atoms with Gasteiger partial charge in [0.15, 0.2) is 11.6 Å². The summed E-state index contributed by atoms with van der Waals surface area (Å²) in [4.78, 5) is 29.3. The largest absolute Gasteiger partial charge is 0.393 e. The first-order valence-electron chi connectivity index (χ1n) is 9.45. The highest BCUT2D eigenvalue weighted by atomic mass is 19.1. The highest BCUT2D eigenvalue weighted by Gasteiger charge is 2.22. The van der Waals surface area contributed by atoms with Gasteiger partial charge in [0.05, 0.1) is 0 Å². The zero-order chi connectivity index (χ0) is 20.9. The zero-order valence-electron chi connectivity index (χ0n) is 16.1. The Hall–Kier alpha value is -3.95. The average molecular weight is 408 g/mol. The number of pyridine rings is 1. The molecular formula is C20H21FN8O. The van der Waals surface area contributed by atoms with E-state index in [0.29, 0.717) is 22.9 Å². The molecule has 1 aliphatic heterocycles. The Morgan fingerprint density at radius 3 is 2.40 bits per heavy atom. The summed E-state index contributed by atoms with van der Waals surface area (Å²) in [5.41, 5.74) is 12.1. The number of carbonyl (C=O) groups is 1. The van der Waals surface area contributed by atoms with Crippen LogP contribution in [-0.4, -0.2) is 47.0 Å². The number of nitrogen functional groups attached to an aromatic ring is 1. The molecule has 9 nitrogen and oxygen atoms in total. The second kappa shape index (κ2) is 8.60. The van der Waals surface area contributed by atoms with E-state index < -0.39 is 11.7 Å². The highest BCUT2D eigenvalue weighted by molar-refractivity contribution is 5.95. The van der Waals surface area contributed by atoms with Gasteiger partial charge < -0.3 is 15.5 Å². The number of hydrogen-bond donors (Lipinski definition) is 3. The van der Waals surface area contributed by atoms with Crippen LogP contribution in [0.3, 0.4) is 0 Å². The van der Waals surface area contributed by atoms with E-state index in [1.54, 1.807) is 6.20 Å². The van der Waals surface area contributed by atoms with Gasteiger partial charge in [-0.3, -0.25) is 15.6 Å². The Labute approximate surface area is 172 Å². The number of aromatic nitrogens is 3. The van der Waals surface area contributed by atoms with Gasteiger partial charge in [-0.15, -0.1) is 0 Å². The highest BCUT2D eigenvalue weighted by Crippen LogP contribution is 2.27. The van der Waals surface area contributed by atoms with E-state index in [9.17, 15) is 9.18 Å².